The van der Waals surface area contributed by atoms with E-state index in [-0.39, 0.29) is 0 Å². The minimum atomic E-state index is -5.27. The predicted molar refractivity (Wildman–Crippen MR) is 58.1 cm³/mol. The second kappa shape index (κ2) is 5.28. The molecule has 1 aliphatic heterocycles. The van der Waals surface area contributed by atoms with Gasteiger partial charge in [0.1, 0.15) is 18.2 Å². The molecule has 0 aromatic rings. The zero-order chi connectivity index (χ0) is 15.0. The largest absolute Gasteiger partial charge is 0.394 e. The van der Waals surface area contributed by atoms with Crippen LogP contribution in [0, 0.1) is 0 Å². The van der Waals surface area contributed by atoms with Gasteiger partial charge in [0.2, 0.25) is 10.8 Å². The van der Waals surface area contributed by atoms with Crippen LogP contribution < -0.4 is 5.32 Å². The average molecular weight is 301 g/mol. The summed E-state index contributed by atoms with van der Waals surface area (Å²) in [7, 11) is -5.27. The summed E-state index contributed by atoms with van der Waals surface area (Å²) in [4.78, 5) is 7.60. The third kappa shape index (κ3) is 2.72. The molecule has 11 heteroatoms. The molecule has 0 saturated carbocycles. The standard InChI is InChI=1S/C8H15NO9S/c1-3(11)9-5-6(12)8(14,19(15,16)17)4(2-10)18-7(5)13/h4-7,10,12-14H,2H2,1H3,(H,9,11)(H,15,16,17)/t4-,5-,6-,7?,8-/m1/s1. The molecule has 1 aliphatic rings. The van der Waals surface area contributed by atoms with Gasteiger partial charge in [-0.1, -0.05) is 0 Å². The second-order valence-electron chi connectivity index (χ2n) is 4.10. The van der Waals surface area contributed by atoms with Crippen LogP contribution in [-0.2, 0) is 19.6 Å². The highest BCUT2D eigenvalue weighted by Crippen LogP contribution is 2.33. The molecule has 1 rings (SSSR count). The first kappa shape index (κ1) is 16.2. The number of hydrogen-bond donors (Lipinski definition) is 6. The van der Waals surface area contributed by atoms with Crippen LogP contribution in [0.15, 0.2) is 0 Å². The Kier molecular flexibility index (Phi) is 4.51. The van der Waals surface area contributed by atoms with E-state index in [0.29, 0.717) is 0 Å². The molecule has 1 fully saturated rings. The van der Waals surface area contributed by atoms with Crippen molar-refractivity contribution in [3.8, 4) is 0 Å². The maximum absolute atomic E-state index is 11.2. The van der Waals surface area contributed by atoms with Gasteiger partial charge in [0.25, 0.3) is 0 Å². The number of nitrogens with one attached hydrogen (secondary N) is 1. The van der Waals surface area contributed by atoms with Crippen LogP contribution in [0.1, 0.15) is 6.92 Å². The summed E-state index contributed by atoms with van der Waals surface area (Å²) in [5.41, 5.74) is 0. The van der Waals surface area contributed by atoms with Gasteiger partial charge in [-0.25, -0.2) is 0 Å². The van der Waals surface area contributed by atoms with Gasteiger partial charge in [0, 0.05) is 6.92 Å². The lowest BCUT2D eigenvalue weighted by Gasteiger charge is -2.45. The number of aliphatic hydroxyl groups is 4. The summed E-state index contributed by atoms with van der Waals surface area (Å²) in [6.45, 7) is -0.0821. The molecule has 5 atom stereocenters. The van der Waals surface area contributed by atoms with E-state index >= 15 is 0 Å². The van der Waals surface area contributed by atoms with E-state index in [1.165, 1.54) is 0 Å². The molecule has 6 N–H and O–H groups in total. The summed E-state index contributed by atoms with van der Waals surface area (Å²) < 4.78 is 36.0. The molecule has 0 aromatic carbocycles. The topological polar surface area (TPSA) is 174 Å². The van der Waals surface area contributed by atoms with Crippen LogP contribution in [0.2, 0.25) is 0 Å². The van der Waals surface area contributed by atoms with Gasteiger partial charge in [-0.2, -0.15) is 8.42 Å². The van der Waals surface area contributed by atoms with Crippen molar-refractivity contribution in [3.05, 3.63) is 0 Å². The Morgan fingerprint density at radius 3 is 2.32 bits per heavy atom. The average Bonchev–Trinajstić information content (AvgIpc) is 2.27. The number of hydrogen-bond acceptors (Lipinski definition) is 8. The van der Waals surface area contributed by atoms with Crippen molar-refractivity contribution >= 4 is 16.0 Å². The van der Waals surface area contributed by atoms with Gasteiger partial charge < -0.3 is 30.5 Å². The van der Waals surface area contributed by atoms with E-state index in [1.807, 2.05) is 5.32 Å². The summed E-state index contributed by atoms with van der Waals surface area (Å²) in [5.74, 6) is -0.744. The van der Waals surface area contributed by atoms with Crippen LogP contribution >= 0.6 is 0 Å². The highest BCUT2D eigenvalue weighted by molar-refractivity contribution is 7.87. The second-order valence-corrected chi connectivity index (χ2v) is 5.70. The zero-order valence-corrected chi connectivity index (χ0v) is 10.6. The van der Waals surface area contributed by atoms with Crippen LogP contribution in [0.3, 0.4) is 0 Å². The quantitative estimate of drug-likeness (QED) is 0.285. The first-order valence-electron chi connectivity index (χ1n) is 5.14. The Morgan fingerprint density at radius 2 is 1.95 bits per heavy atom. The van der Waals surface area contributed by atoms with Crippen molar-refractivity contribution in [2.75, 3.05) is 6.61 Å². The molecule has 19 heavy (non-hydrogen) atoms. The van der Waals surface area contributed by atoms with E-state index in [9.17, 15) is 28.5 Å². The zero-order valence-electron chi connectivity index (χ0n) is 9.79. The number of ether oxygens (including phenoxy) is 1. The smallest absolute Gasteiger partial charge is 0.300 e. The van der Waals surface area contributed by atoms with Gasteiger partial charge in [0.05, 0.1) is 6.61 Å². The van der Waals surface area contributed by atoms with E-state index in [4.69, 9.17) is 9.66 Å². The van der Waals surface area contributed by atoms with Gasteiger partial charge >= 0.3 is 10.1 Å². The molecule has 10 nitrogen and oxygen atoms in total. The molecule has 0 radical (unpaired) electrons. The van der Waals surface area contributed by atoms with E-state index in [2.05, 4.69) is 4.74 Å². The normalized spacial score (nSPS) is 39.9. The fourth-order valence-electron chi connectivity index (χ4n) is 1.83. The predicted octanol–water partition coefficient (Wildman–Crippen LogP) is -3.86. The molecule has 112 valence electrons. The van der Waals surface area contributed by atoms with Crippen LogP contribution in [-0.4, -0.2) is 75.4 Å². The lowest BCUT2D eigenvalue weighted by Crippen LogP contribution is -2.73. The van der Waals surface area contributed by atoms with Crippen molar-refractivity contribution in [2.45, 2.75) is 36.4 Å². The molecule has 1 amide bonds. The van der Waals surface area contributed by atoms with Gasteiger partial charge in [-0.15, -0.1) is 0 Å². The Hall–Kier alpha value is -0.820. The van der Waals surface area contributed by atoms with Crippen LogP contribution in [0.25, 0.3) is 0 Å². The van der Waals surface area contributed by atoms with E-state index in [1.54, 1.807) is 0 Å². The summed E-state index contributed by atoms with van der Waals surface area (Å²) in [5, 5.41) is 40.1. The number of amides is 1. The van der Waals surface area contributed by atoms with E-state index < -0.39 is 52.1 Å². The maximum Gasteiger partial charge on any atom is 0.300 e. The maximum atomic E-state index is 11.2. The number of carbonyl (C=O) groups is 1. The third-order valence-corrected chi connectivity index (χ3v) is 4.12. The third-order valence-electron chi connectivity index (χ3n) is 2.79. The Bertz CT molecular complexity index is 451. The lowest BCUT2D eigenvalue weighted by atomic mass is 9.96. The molecular formula is C8H15NO9S. The fourth-order valence-corrected chi connectivity index (χ4v) is 2.75. The molecule has 1 unspecified atom stereocenters. The van der Waals surface area contributed by atoms with Crippen LogP contribution in [0.4, 0.5) is 0 Å². The highest BCUT2D eigenvalue weighted by atomic mass is 32.2. The van der Waals surface area contributed by atoms with Crippen LogP contribution in [0.5, 0.6) is 0 Å². The number of aliphatic hydroxyl groups excluding tert-OH is 3. The minimum absolute atomic E-state index is 0.744. The first-order valence-corrected chi connectivity index (χ1v) is 6.58. The molecule has 0 spiro atoms. The van der Waals surface area contributed by atoms with Gasteiger partial charge in [0.15, 0.2) is 6.29 Å². The Labute approximate surface area is 108 Å². The highest BCUT2D eigenvalue weighted by Gasteiger charge is 2.62. The van der Waals surface area contributed by atoms with Crippen molar-refractivity contribution in [2.24, 2.45) is 0 Å². The molecule has 1 saturated heterocycles. The first-order chi connectivity index (χ1) is 8.55. The van der Waals surface area contributed by atoms with Crippen molar-refractivity contribution < 1.29 is 42.9 Å². The van der Waals surface area contributed by atoms with E-state index in [0.717, 1.165) is 6.92 Å². The Balaban J connectivity index is 3.23. The minimum Gasteiger partial charge on any atom is -0.394 e. The fraction of sp³-hybridized carbons (Fsp3) is 0.875. The molecule has 1 heterocycles. The SMILES string of the molecule is CC(=O)N[C@H]1C(O)O[C@H](CO)[C@@](O)(S(=O)(=O)O)[C@@H]1O. The number of carbonyl (C=O) groups excluding carboxylic acids is 1. The van der Waals surface area contributed by atoms with Crippen molar-refractivity contribution in [1.29, 1.82) is 0 Å². The monoisotopic (exact) mass is 301 g/mol. The lowest BCUT2D eigenvalue weighted by molar-refractivity contribution is -0.268. The molecule has 0 aromatic heterocycles. The Morgan fingerprint density at radius 1 is 1.42 bits per heavy atom. The van der Waals surface area contributed by atoms with Crippen molar-refractivity contribution in [1.82, 2.24) is 5.32 Å². The summed E-state index contributed by atoms with van der Waals surface area (Å²) >= 11 is 0. The number of rotatable bonds is 3. The van der Waals surface area contributed by atoms with Crippen molar-refractivity contribution in [3.63, 3.8) is 0 Å². The molecule has 0 bridgehead atoms. The summed E-state index contributed by atoms with van der Waals surface area (Å²) in [6.07, 6.45) is -6.18. The van der Waals surface area contributed by atoms with Gasteiger partial charge in [-0.05, 0) is 0 Å². The van der Waals surface area contributed by atoms with Gasteiger partial charge in [-0.3, -0.25) is 9.35 Å². The molecular weight excluding hydrogens is 286 g/mol. The molecule has 0 aliphatic carbocycles. The summed E-state index contributed by atoms with van der Waals surface area (Å²) in [6, 6.07) is -1.70.